The van der Waals surface area contributed by atoms with Gasteiger partial charge in [-0.15, -0.1) is 10.2 Å². The van der Waals surface area contributed by atoms with E-state index in [9.17, 15) is 4.79 Å². The van der Waals surface area contributed by atoms with Crippen molar-refractivity contribution in [3.8, 4) is 11.5 Å². The molecule has 0 fully saturated rings. The maximum absolute atomic E-state index is 11.8. The summed E-state index contributed by atoms with van der Waals surface area (Å²) in [7, 11) is 0. The minimum absolute atomic E-state index is 0.0994. The first kappa shape index (κ1) is 21.0. The van der Waals surface area contributed by atoms with Crippen LogP contribution in [0.3, 0.4) is 0 Å². The minimum atomic E-state index is -0.0994. The number of carbonyl (C=O) groups excluding carboxylic acids is 1. The molecule has 7 nitrogen and oxygen atoms in total. The van der Waals surface area contributed by atoms with Gasteiger partial charge in [0.1, 0.15) is 0 Å². The maximum atomic E-state index is 11.8. The number of nitrogens with one attached hydrogen (secondary N) is 2. The molecule has 0 radical (unpaired) electrons. The first-order valence-electron chi connectivity index (χ1n) is 10.4. The third kappa shape index (κ3) is 5.43. The fourth-order valence-corrected chi connectivity index (χ4v) is 4.10. The van der Waals surface area contributed by atoms with E-state index in [-0.39, 0.29) is 6.03 Å². The van der Waals surface area contributed by atoms with Crippen LogP contribution in [0.5, 0.6) is 0 Å². The third-order valence-corrected chi connectivity index (χ3v) is 5.73. The molecule has 0 saturated heterocycles. The number of hydrogen-bond donors (Lipinski definition) is 2. The Hall–Kier alpha value is -2.70. The van der Waals surface area contributed by atoms with Gasteiger partial charge in [-0.1, -0.05) is 25.5 Å². The molecule has 2 amide bonds. The second-order valence-corrected chi connectivity index (χ2v) is 8.10. The Balaban J connectivity index is 1.68. The van der Waals surface area contributed by atoms with Crippen LogP contribution >= 0.6 is 0 Å². The van der Waals surface area contributed by atoms with E-state index >= 15 is 0 Å². The van der Waals surface area contributed by atoms with E-state index in [0.717, 1.165) is 18.4 Å². The lowest BCUT2D eigenvalue weighted by Crippen LogP contribution is -2.41. The molecule has 0 aliphatic heterocycles. The van der Waals surface area contributed by atoms with Gasteiger partial charge in [0.15, 0.2) is 0 Å². The minimum Gasteiger partial charge on any atom is -0.421 e. The molecule has 0 unspecified atom stereocenters. The highest BCUT2D eigenvalue weighted by atomic mass is 16.4. The quantitative estimate of drug-likeness (QED) is 0.692. The summed E-state index contributed by atoms with van der Waals surface area (Å²) in [5.41, 5.74) is 2.21. The SMILES string of the molecule is CCNC(=O)NC[C@@H]1C=C(C)[C@H](Cc2nnc(-c3ccncc3)o2)C[C@H]1C(C)C. The Morgan fingerprint density at radius 2 is 2.00 bits per heavy atom. The molecule has 1 aliphatic rings. The standard InChI is InChI=1S/C22H31N5O2/c1-5-24-22(28)25-13-18-10-15(4)17(11-19(18)14(2)3)12-20-26-27-21(29-20)16-6-8-23-9-7-16/h6-10,14,17-19H,5,11-13H2,1-4H3,(H2,24,25,28)/t17-,18-,19-/m0/s1. The summed E-state index contributed by atoms with van der Waals surface area (Å²) in [6.45, 7) is 9.88. The Kier molecular flexibility index (Phi) is 7.01. The number of pyridine rings is 1. The van der Waals surface area contributed by atoms with Crippen LogP contribution in [0.4, 0.5) is 4.79 Å². The molecule has 156 valence electrons. The fraction of sp³-hybridized carbons (Fsp3) is 0.545. The molecule has 0 aromatic carbocycles. The maximum Gasteiger partial charge on any atom is 0.314 e. The largest absolute Gasteiger partial charge is 0.421 e. The lowest BCUT2D eigenvalue weighted by Gasteiger charge is -2.37. The first-order chi connectivity index (χ1) is 14.0. The van der Waals surface area contributed by atoms with E-state index in [0.29, 0.717) is 48.5 Å². The smallest absolute Gasteiger partial charge is 0.314 e. The first-order valence-corrected chi connectivity index (χ1v) is 10.4. The highest BCUT2D eigenvalue weighted by molar-refractivity contribution is 5.73. The van der Waals surface area contributed by atoms with Gasteiger partial charge >= 0.3 is 6.03 Å². The summed E-state index contributed by atoms with van der Waals surface area (Å²) in [6.07, 6.45) is 7.55. The van der Waals surface area contributed by atoms with Crippen molar-refractivity contribution in [1.29, 1.82) is 0 Å². The normalized spacial score (nSPS) is 21.7. The fourth-order valence-electron chi connectivity index (χ4n) is 4.10. The van der Waals surface area contributed by atoms with E-state index in [4.69, 9.17) is 4.42 Å². The summed E-state index contributed by atoms with van der Waals surface area (Å²) in [5, 5.41) is 14.3. The van der Waals surface area contributed by atoms with Crippen LogP contribution in [0.2, 0.25) is 0 Å². The van der Waals surface area contributed by atoms with Crippen molar-refractivity contribution in [2.75, 3.05) is 13.1 Å². The number of rotatable bonds is 7. The van der Waals surface area contributed by atoms with Crippen LogP contribution < -0.4 is 10.6 Å². The van der Waals surface area contributed by atoms with Crippen molar-refractivity contribution in [3.63, 3.8) is 0 Å². The number of urea groups is 1. The molecule has 2 N–H and O–H groups in total. The topological polar surface area (TPSA) is 92.9 Å². The Morgan fingerprint density at radius 3 is 2.69 bits per heavy atom. The summed E-state index contributed by atoms with van der Waals surface area (Å²) < 4.78 is 5.91. The molecule has 2 heterocycles. The second-order valence-electron chi connectivity index (χ2n) is 8.10. The van der Waals surface area contributed by atoms with Crippen LogP contribution in [0.1, 0.15) is 40.0 Å². The second kappa shape index (κ2) is 9.67. The van der Waals surface area contributed by atoms with Crippen LogP contribution in [0, 0.1) is 23.7 Å². The zero-order valence-electron chi connectivity index (χ0n) is 17.7. The van der Waals surface area contributed by atoms with Crippen molar-refractivity contribution in [3.05, 3.63) is 42.1 Å². The number of hydrogen-bond acceptors (Lipinski definition) is 5. The van der Waals surface area contributed by atoms with Gasteiger partial charge in [0.25, 0.3) is 0 Å². The van der Waals surface area contributed by atoms with Crippen LogP contribution in [0.25, 0.3) is 11.5 Å². The van der Waals surface area contributed by atoms with Gasteiger partial charge in [-0.3, -0.25) is 4.98 Å². The third-order valence-electron chi connectivity index (χ3n) is 5.73. The van der Waals surface area contributed by atoms with Gasteiger partial charge < -0.3 is 15.1 Å². The zero-order valence-corrected chi connectivity index (χ0v) is 17.7. The average molecular weight is 398 g/mol. The molecule has 1 aliphatic carbocycles. The van der Waals surface area contributed by atoms with Gasteiger partial charge in [-0.25, -0.2) is 4.79 Å². The Bertz CT molecular complexity index is 831. The number of aromatic nitrogens is 3. The van der Waals surface area contributed by atoms with Crippen LogP contribution in [0.15, 0.2) is 40.6 Å². The van der Waals surface area contributed by atoms with Crippen molar-refractivity contribution in [1.82, 2.24) is 25.8 Å². The molecule has 3 atom stereocenters. The highest BCUT2D eigenvalue weighted by Gasteiger charge is 2.32. The molecular weight excluding hydrogens is 366 g/mol. The summed E-state index contributed by atoms with van der Waals surface area (Å²) >= 11 is 0. The summed E-state index contributed by atoms with van der Waals surface area (Å²) in [6, 6.07) is 3.63. The van der Waals surface area contributed by atoms with Gasteiger partial charge in [-0.05, 0) is 56.1 Å². The molecule has 0 bridgehead atoms. The molecule has 0 spiro atoms. The van der Waals surface area contributed by atoms with Gasteiger partial charge in [0.05, 0.1) is 0 Å². The van der Waals surface area contributed by atoms with Crippen molar-refractivity contribution in [2.24, 2.45) is 23.7 Å². The monoisotopic (exact) mass is 397 g/mol. The Morgan fingerprint density at radius 1 is 1.24 bits per heavy atom. The molecule has 7 heteroatoms. The van der Waals surface area contributed by atoms with E-state index in [2.05, 4.69) is 52.7 Å². The average Bonchev–Trinajstić information content (AvgIpc) is 3.17. The number of carbonyl (C=O) groups is 1. The number of amides is 2. The predicted molar refractivity (Wildman–Crippen MR) is 112 cm³/mol. The summed E-state index contributed by atoms with van der Waals surface area (Å²) in [4.78, 5) is 15.8. The lowest BCUT2D eigenvalue weighted by atomic mass is 9.70. The van der Waals surface area contributed by atoms with Gasteiger partial charge in [0, 0.05) is 37.5 Å². The van der Waals surface area contributed by atoms with Crippen LogP contribution in [-0.2, 0) is 6.42 Å². The van der Waals surface area contributed by atoms with Crippen LogP contribution in [-0.4, -0.2) is 34.3 Å². The lowest BCUT2D eigenvalue weighted by molar-refractivity contribution is 0.211. The summed E-state index contributed by atoms with van der Waals surface area (Å²) in [5.74, 6) is 2.92. The molecule has 29 heavy (non-hydrogen) atoms. The highest BCUT2D eigenvalue weighted by Crippen LogP contribution is 2.38. The number of allylic oxidation sites excluding steroid dienone is 1. The molecule has 0 saturated carbocycles. The molecule has 3 rings (SSSR count). The van der Waals surface area contributed by atoms with E-state index in [1.807, 2.05) is 19.1 Å². The van der Waals surface area contributed by atoms with Gasteiger partial charge in [-0.2, -0.15) is 0 Å². The van der Waals surface area contributed by atoms with E-state index in [1.54, 1.807) is 12.4 Å². The van der Waals surface area contributed by atoms with E-state index in [1.165, 1.54) is 5.57 Å². The zero-order chi connectivity index (χ0) is 20.8. The van der Waals surface area contributed by atoms with E-state index < -0.39 is 0 Å². The van der Waals surface area contributed by atoms with Crippen molar-refractivity contribution >= 4 is 6.03 Å². The predicted octanol–water partition coefficient (Wildman–Crippen LogP) is 3.85. The molecular formula is C22H31N5O2. The number of nitrogens with zero attached hydrogens (tertiary/aromatic N) is 3. The van der Waals surface area contributed by atoms with Crippen molar-refractivity contribution in [2.45, 2.75) is 40.5 Å². The molecule has 2 aromatic rings. The van der Waals surface area contributed by atoms with Crippen molar-refractivity contribution < 1.29 is 9.21 Å². The Labute approximate surface area is 172 Å². The van der Waals surface area contributed by atoms with Gasteiger partial charge in [0.2, 0.25) is 11.8 Å². The molecule has 2 aromatic heterocycles.